The fourth-order valence-corrected chi connectivity index (χ4v) is 3.27. The van der Waals surface area contributed by atoms with Crippen molar-refractivity contribution in [1.29, 1.82) is 0 Å². The van der Waals surface area contributed by atoms with Crippen molar-refractivity contribution in [3.8, 4) is 0 Å². The van der Waals surface area contributed by atoms with E-state index in [-0.39, 0.29) is 0 Å². The summed E-state index contributed by atoms with van der Waals surface area (Å²) < 4.78 is 5.08. The highest BCUT2D eigenvalue weighted by Crippen LogP contribution is 2.21. The van der Waals surface area contributed by atoms with Crippen LogP contribution in [-0.4, -0.2) is 31.8 Å². The van der Waals surface area contributed by atoms with E-state index in [0.717, 1.165) is 25.3 Å². The first-order valence-corrected chi connectivity index (χ1v) is 8.21. The zero-order valence-electron chi connectivity index (χ0n) is 12.7. The lowest BCUT2D eigenvalue weighted by molar-refractivity contribution is 0.200. The number of benzene rings is 1. The summed E-state index contributed by atoms with van der Waals surface area (Å²) in [5.74, 6) is 2.29. The quantitative estimate of drug-likeness (QED) is 0.697. The molecule has 0 radical (unpaired) electrons. The lowest BCUT2D eigenvalue weighted by atomic mass is 10.0. The van der Waals surface area contributed by atoms with Crippen LogP contribution in [0.4, 0.5) is 0 Å². The van der Waals surface area contributed by atoms with E-state index in [2.05, 4.69) is 44.3 Å². The van der Waals surface area contributed by atoms with E-state index < -0.39 is 0 Å². The molecule has 0 heterocycles. The first-order valence-electron chi connectivity index (χ1n) is 7.05. The Morgan fingerprint density at radius 3 is 2.47 bits per heavy atom. The average Bonchev–Trinajstić information content (AvgIpc) is 2.36. The van der Waals surface area contributed by atoms with E-state index in [1.165, 1.54) is 22.4 Å². The van der Waals surface area contributed by atoms with Crippen LogP contribution in [0.1, 0.15) is 36.1 Å². The van der Waals surface area contributed by atoms with Crippen LogP contribution in [-0.2, 0) is 4.74 Å². The topological polar surface area (TPSA) is 21.3 Å². The highest BCUT2D eigenvalue weighted by molar-refractivity contribution is 7.99. The number of hydrogen-bond acceptors (Lipinski definition) is 3. The normalized spacial score (nSPS) is 12.6. The molecule has 0 spiro atoms. The average molecular weight is 281 g/mol. The molecule has 1 rings (SSSR count). The zero-order chi connectivity index (χ0) is 14.1. The highest BCUT2D eigenvalue weighted by Gasteiger charge is 2.11. The van der Waals surface area contributed by atoms with Crippen molar-refractivity contribution >= 4 is 11.8 Å². The van der Waals surface area contributed by atoms with Crippen LogP contribution in [0.2, 0.25) is 0 Å². The molecule has 0 saturated carbocycles. The summed E-state index contributed by atoms with van der Waals surface area (Å²) in [6.45, 7) is 8.39. The van der Waals surface area contributed by atoms with Gasteiger partial charge >= 0.3 is 0 Å². The molecule has 0 aliphatic rings. The Hall–Kier alpha value is -0.510. The maximum atomic E-state index is 5.08. The third kappa shape index (κ3) is 6.46. The summed E-state index contributed by atoms with van der Waals surface area (Å²) in [7, 11) is 1.77. The molecule has 1 atom stereocenters. The zero-order valence-corrected chi connectivity index (χ0v) is 13.5. The summed E-state index contributed by atoms with van der Waals surface area (Å²) in [6.07, 6.45) is 1.13. The number of methoxy groups -OCH3 is 1. The summed E-state index contributed by atoms with van der Waals surface area (Å²) in [4.78, 5) is 0. The molecule has 1 aromatic carbocycles. The minimum atomic E-state index is 0.455. The second-order valence-electron chi connectivity index (χ2n) is 4.95. The highest BCUT2D eigenvalue weighted by atomic mass is 32.2. The fourth-order valence-electron chi connectivity index (χ4n) is 2.24. The van der Waals surface area contributed by atoms with Gasteiger partial charge in [0, 0.05) is 25.5 Å². The molecule has 0 aliphatic carbocycles. The molecule has 1 unspecified atom stereocenters. The molecule has 0 bridgehead atoms. The van der Waals surface area contributed by atoms with Gasteiger partial charge in [0.15, 0.2) is 0 Å². The molecular formula is C16H27NOS. The van der Waals surface area contributed by atoms with Gasteiger partial charge in [0.1, 0.15) is 0 Å². The number of ether oxygens (including phenoxy) is 1. The molecule has 0 aromatic heterocycles. The van der Waals surface area contributed by atoms with Crippen molar-refractivity contribution in [2.75, 3.05) is 31.8 Å². The summed E-state index contributed by atoms with van der Waals surface area (Å²) in [6, 6.07) is 7.29. The number of hydrogen-bond donors (Lipinski definition) is 1. The van der Waals surface area contributed by atoms with E-state index in [4.69, 9.17) is 4.74 Å². The van der Waals surface area contributed by atoms with Crippen molar-refractivity contribution in [3.05, 3.63) is 34.9 Å². The Morgan fingerprint density at radius 1 is 1.21 bits per heavy atom. The third-order valence-corrected chi connectivity index (χ3v) is 4.16. The number of rotatable bonds is 9. The van der Waals surface area contributed by atoms with Crippen molar-refractivity contribution in [3.63, 3.8) is 0 Å². The van der Waals surface area contributed by atoms with E-state index in [1.54, 1.807) is 7.11 Å². The standard InChI is InChI=1S/C16H27NOS/c1-5-17-16(12-19-8-6-7-18-4)15-10-13(2)9-14(3)11-15/h9-11,16-17H,5-8,12H2,1-4H3. The Kier molecular flexibility index (Phi) is 8.19. The van der Waals surface area contributed by atoms with Gasteiger partial charge in [0.05, 0.1) is 0 Å². The van der Waals surface area contributed by atoms with Crippen LogP contribution in [0.25, 0.3) is 0 Å². The Morgan fingerprint density at radius 2 is 1.89 bits per heavy atom. The van der Waals surface area contributed by atoms with Gasteiger partial charge in [-0.15, -0.1) is 0 Å². The van der Waals surface area contributed by atoms with Crippen LogP contribution in [0, 0.1) is 13.8 Å². The van der Waals surface area contributed by atoms with Gasteiger partial charge in [0.2, 0.25) is 0 Å². The lowest BCUT2D eigenvalue weighted by Crippen LogP contribution is -2.23. The van der Waals surface area contributed by atoms with Gasteiger partial charge in [-0.2, -0.15) is 11.8 Å². The third-order valence-electron chi connectivity index (χ3n) is 3.02. The van der Waals surface area contributed by atoms with Crippen molar-refractivity contribution in [1.82, 2.24) is 5.32 Å². The molecule has 1 N–H and O–H groups in total. The van der Waals surface area contributed by atoms with E-state index >= 15 is 0 Å². The van der Waals surface area contributed by atoms with Gasteiger partial charge in [-0.05, 0) is 38.1 Å². The maximum Gasteiger partial charge on any atom is 0.0470 e. The number of thioether (sulfide) groups is 1. The molecule has 0 aliphatic heterocycles. The fraction of sp³-hybridized carbons (Fsp3) is 0.625. The van der Waals surface area contributed by atoms with Crippen LogP contribution in [0.15, 0.2) is 18.2 Å². The lowest BCUT2D eigenvalue weighted by Gasteiger charge is -2.19. The SMILES string of the molecule is CCNC(CSCCCOC)c1cc(C)cc(C)c1. The Balaban J connectivity index is 2.55. The van der Waals surface area contributed by atoms with Gasteiger partial charge in [-0.3, -0.25) is 0 Å². The summed E-state index contributed by atoms with van der Waals surface area (Å²) in [5, 5.41) is 3.59. The minimum Gasteiger partial charge on any atom is -0.385 e. The Bertz CT molecular complexity index is 348. The van der Waals surface area contributed by atoms with Gasteiger partial charge in [0.25, 0.3) is 0 Å². The van der Waals surface area contributed by atoms with Crippen LogP contribution in [0.3, 0.4) is 0 Å². The molecule has 19 heavy (non-hydrogen) atoms. The van der Waals surface area contributed by atoms with Crippen LogP contribution >= 0.6 is 11.8 Å². The maximum absolute atomic E-state index is 5.08. The second-order valence-corrected chi connectivity index (χ2v) is 6.10. The largest absolute Gasteiger partial charge is 0.385 e. The molecule has 0 saturated heterocycles. The smallest absolute Gasteiger partial charge is 0.0470 e. The monoisotopic (exact) mass is 281 g/mol. The van der Waals surface area contributed by atoms with Crippen molar-refractivity contribution in [2.45, 2.75) is 33.2 Å². The molecule has 0 fully saturated rings. The minimum absolute atomic E-state index is 0.455. The van der Waals surface area contributed by atoms with Crippen molar-refractivity contribution < 1.29 is 4.74 Å². The number of nitrogens with one attached hydrogen (secondary N) is 1. The molecule has 1 aromatic rings. The molecule has 0 amide bonds. The molecular weight excluding hydrogens is 254 g/mol. The predicted molar refractivity (Wildman–Crippen MR) is 86.2 cm³/mol. The van der Waals surface area contributed by atoms with Crippen LogP contribution in [0.5, 0.6) is 0 Å². The molecule has 2 nitrogen and oxygen atoms in total. The van der Waals surface area contributed by atoms with E-state index in [9.17, 15) is 0 Å². The van der Waals surface area contributed by atoms with Gasteiger partial charge in [-0.25, -0.2) is 0 Å². The van der Waals surface area contributed by atoms with E-state index in [1.807, 2.05) is 11.8 Å². The first-order chi connectivity index (χ1) is 9.17. The van der Waals surface area contributed by atoms with Crippen molar-refractivity contribution in [2.24, 2.45) is 0 Å². The number of aryl methyl sites for hydroxylation is 2. The molecule has 3 heteroatoms. The molecule has 108 valence electrons. The van der Waals surface area contributed by atoms with Crippen LogP contribution < -0.4 is 5.32 Å². The summed E-state index contributed by atoms with van der Waals surface area (Å²) >= 11 is 2.01. The van der Waals surface area contributed by atoms with Gasteiger partial charge < -0.3 is 10.1 Å². The van der Waals surface area contributed by atoms with Gasteiger partial charge in [-0.1, -0.05) is 36.2 Å². The van der Waals surface area contributed by atoms with E-state index in [0.29, 0.717) is 6.04 Å². The first kappa shape index (κ1) is 16.5. The predicted octanol–water partition coefficient (Wildman–Crippen LogP) is 3.72. The summed E-state index contributed by atoms with van der Waals surface area (Å²) in [5.41, 5.74) is 4.11. The Labute approximate surface area is 122 Å². The second kappa shape index (κ2) is 9.40.